The summed E-state index contributed by atoms with van der Waals surface area (Å²) >= 11 is 0. The highest BCUT2D eigenvalue weighted by molar-refractivity contribution is 7.92. The Bertz CT molecular complexity index is 1290. The van der Waals surface area contributed by atoms with Gasteiger partial charge < -0.3 is 10.1 Å². The van der Waals surface area contributed by atoms with Crippen LogP contribution in [0.2, 0.25) is 0 Å². The van der Waals surface area contributed by atoms with E-state index in [1.165, 1.54) is 55.6 Å². The van der Waals surface area contributed by atoms with Gasteiger partial charge in [-0.25, -0.2) is 12.8 Å². The van der Waals surface area contributed by atoms with Gasteiger partial charge in [0.05, 0.1) is 24.5 Å². The number of hydrogen-bond acceptors (Lipinski definition) is 5. The van der Waals surface area contributed by atoms with Gasteiger partial charge in [-0.15, -0.1) is 0 Å². The van der Waals surface area contributed by atoms with E-state index in [1.807, 2.05) is 19.9 Å². The summed E-state index contributed by atoms with van der Waals surface area (Å²) in [6.45, 7) is 3.82. The van der Waals surface area contributed by atoms with Gasteiger partial charge in [-0.3, -0.25) is 14.3 Å². The smallest absolute Gasteiger partial charge is 0.307 e. The minimum Gasteiger partial charge on any atom is -0.469 e. The third kappa shape index (κ3) is 6.20. The highest BCUT2D eigenvalue weighted by Gasteiger charge is 2.21. The number of nitrogens with one attached hydrogen (secondary N) is 2. The number of anilines is 1. The van der Waals surface area contributed by atoms with Crippen molar-refractivity contribution in [2.75, 3.05) is 11.8 Å². The monoisotopic (exact) mass is 484 g/mol. The first kappa shape index (κ1) is 24.9. The molecular formula is C25H25FN2O5S. The lowest BCUT2D eigenvalue weighted by atomic mass is 10.0. The third-order valence-electron chi connectivity index (χ3n) is 5.36. The van der Waals surface area contributed by atoms with E-state index in [-0.39, 0.29) is 16.9 Å². The van der Waals surface area contributed by atoms with Gasteiger partial charge in [-0.05, 0) is 79.1 Å². The van der Waals surface area contributed by atoms with Crippen LogP contribution in [0.25, 0.3) is 0 Å². The number of carbonyl (C=O) groups is 2. The van der Waals surface area contributed by atoms with Crippen LogP contribution in [0.1, 0.15) is 39.5 Å². The summed E-state index contributed by atoms with van der Waals surface area (Å²) in [5.74, 6) is -1.52. The van der Waals surface area contributed by atoms with E-state index in [0.29, 0.717) is 11.3 Å². The van der Waals surface area contributed by atoms with E-state index >= 15 is 0 Å². The van der Waals surface area contributed by atoms with Crippen LogP contribution in [0.4, 0.5) is 10.1 Å². The molecule has 0 heterocycles. The molecule has 178 valence electrons. The van der Waals surface area contributed by atoms with E-state index in [4.69, 9.17) is 4.74 Å². The molecule has 3 rings (SSSR count). The molecule has 0 radical (unpaired) electrons. The Kier molecular flexibility index (Phi) is 7.68. The number of benzene rings is 3. The van der Waals surface area contributed by atoms with Gasteiger partial charge in [0, 0.05) is 11.3 Å². The lowest BCUT2D eigenvalue weighted by molar-refractivity contribution is -0.141. The maximum absolute atomic E-state index is 13.3. The summed E-state index contributed by atoms with van der Waals surface area (Å²) in [7, 11) is -2.62. The fraction of sp³-hybridized carbons (Fsp3) is 0.200. The number of carbonyl (C=O) groups excluding carboxylic acids is 2. The van der Waals surface area contributed by atoms with Crippen LogP contribution in [0.3, 0.4) is 0 Å². The number of hydrogen-bond donors (Lipinski definition) is 2. The highest BCUT2D eigenvalue weighted by atomic mass is 32.2. The molecule has 0 saturated heterocycles. The molecule has 0 bridgehead atoms. The Balaban J connectivity index is 1.76. The number of sulfonamides is 1. The molecule has 0 aliphatic carbocycles. The first-order valence-corrected chi connectivity index (χ1v) is 11.9. The number of rotatable bonds is 8. The molecule has 7 nitrogen and oxygen atoms in total. The molecule has 3 aromatic carbocycles. The molecule has 0 aliphatic rings. The Morgan fingerprint density at radius 2 is 1.59 bits per heavy atom. The number of halogens is 1. The molecule has 1 atom stereocenters. The molecule has 0 aromatic heterocycles. The van der Waals surface area contributed by atoms with Gasteiger partial charge in [0.15, 0.2) is 0 Å². The minimum absolute atomic E-state index is 0.00748. The van der Waals surface area contributed by atoms with Crippen molar-refractivity contribution in [3.63, 3.8) is 0 Å². The van der Waals surface area contributed by atoms with Crippen molar-refractivity contribution in [3.05, 3.63) is 94.8 Å². The zero-order chi connectivity index (χ0) is 24.9. The average Bonchev–Trinajstić information content (AvgIpc) is 2.81. The second-order valence-corrected chi connectivity index (χ2v) is 9.47. The van der Waals surface area contributed by atoms with E-state index in [9.17, 15) is 22.4 Å². The molecule has 9 heteroatoms. The largest absolute Gasteiger partial charge is 0.469 e. The maximum Gasteiger partial charge on any atom is 0.307 e. The molecule has 34 heavy (non-hydrogen) atoms. The molecule has 3 aromatic rings. The lowest BCUT2D eigenvalue weighted by Gasteiger charge is -2.18. The summed E-state index contributed by atoms with van der Waals surface area (Å²) in [6, 6.07) is 15.3. The number of ether oxygens (including phenoxy) is 1. The minimum atomic E-state index is -3.85. The van der Waals surface area contributed by atoms with Crippen molar-refractivity contribution < 1.29 is 27.1 Å². The second-order valence-electron chi connectivity index (χ2n) is 7.79. The zero-order valence-corrected chi connectivity index (χ0v) is 19.8. The van der Waals surface area contributed by atoms with Crippen molar-refractivity contribution in [2.24, 2.45) is 0 Å². The van der Waals surface area contributed by atoms with Crippen LogP contribution >= 0.6 is 0 Å². The average molecular weight is 485 g/mol. The quantitative estimate of drug-likeness (QED) is 0.465. The third-order valence-corrected chi connectivity index (χ3v) is 6.76. The molecule has 0 fully saturated rings. The molecular weight excluding hydrogens is 459 g/mol. The van der Waals surface area contributed by atoms with Crippen molar-refractivity contribution in [3.8, 4) is 0 Å². The van der Waals surface area contributed by atoms with Gasteiger partial charge in [-0.2, -0.15) is 0 Å². The Labute approximate surface area is 198 Å². The number of amides is 1. The first-order valence-electron chi connectivity index (χ1n) is 10.4. The Morgan fingerprint density at radius 3 is 2.18 bits per heavy atom. The van der Waals surface area contributed by atoms with Gasteiger partial charge >= 0.3 is 5.97 Å². The zero-order valence-electron chi connectivity index (χ0n) is 19.0. The van der Waals surface area contributed by atoms with Gasteiger partial charge in [0.1, 0.15) is 5.82 Å². The first-order chi connectivity index (χ1) is 16.1. The molecule has 2 N–H and O–H groups in total. The summed E-state index contributed by atoms with van der Waals surface area (Å²) < 4.78 is 46.0. The van der Waals surface area contributed by atoms with Gasteiger partial charge in [0.25, 0.3) is 15.9 Å². The van der Waals surface area contributed by atoms with Crippen LogP contribution in [0.5, 0.6) is 0 Å². The summed E-state index contributed by atoms with van der Waals surface area (Å²) in [5.41, 5.74) is 3.16. The van der Waals surface area contributed by atoms with Gasteiger partial charge in [0.2, 0.25) is 0 Å². The van der Waals surface area contributed by atoms with Crippen LogP contribution in [0.15, 0.2) is 71.6 Å². The normalized spacial score (nSPS) is 12.0. The van der Waals surface area contributed by atoms with E-state index in [0.717, 1.165) is 11.1 Å². The summed E-state index contributed by atoms with van der Waals surface area (Å²) in [4.78, 5) is 24.6. The standard InChI is InChI=1S/C25H25FN2O5S/c1-16-4-11-21(14-17(16)2)28-34(31,32)22-12-7-19(8-13-22)25(30)27-23(15-24(29)33-3)18-5-9-20(26)10-6-18/h4-14,23,28H,15H2,1-3H3,(H,27,30). The van der Waals surface area contributed by atoms with Crippen molar-refractivity contribution in [1.82, 2.24) is 5.32 Å². The molecule has 0 saturated carbocycles. The van der Waals surface area contributed by atoms with Crippen molar-refractivity contribution in [1.29, 1.82) is 0 Å². The van der Waals surface area contributed by atoms with Crippen LogP contribution in [-0.4, -0.2) is 27.4 Å². The Hall–Kier alpha value is -3.72. The maximum atomic E-state index is 13.3. The van der Waals surface area contributed by atoms with Crippen molar-refractivity contribution >= 4 is 27.6 Å². The second kappa shape index (κ2) is 10.5. The highest BCUT2D eigenvalue weighted by Crippen LogP contribution is 2.21. The van der Waals surface area contributed by atoms with Crippen LogP contribution in [-0.2, 0) is 19.6 Å². The molecule has 1 amide bonds. The van der Waals surface area contributed by atoms with E-state index in [2.05, 4.69) is 10.0 Å². The topological polar surface area (TPSA) is 102 Å². The summed E-state index contributed by atoms with van der Waals surface area (Å²) in [5, 5.41) is 2.72. The van der Waals surface area contributed by atoms with E-state index in [1.54, 1.807) is 12.1 Å². The fourth-order valence-corrected chi connectivity index (χ4v) is 4.29. The molecule has 0 aliphatic heterocycles. The van der Waals surface area contributed by atoms with Crippen LogP contribution < -0.4 is 10.0 Å². The number of aryl methyl sites for hydroxylation is 2. The van der Waals surface area contributed by atoms with Crippen LogP contribution in [0, 0.1) is 19.7 Å². The predicted molar refractivity (Wildman–Crippen MR) is 126 cm³/mol. The number of esters is 1. The Morgan fingerprint density at radius 1 is 0.941 bits per heavy atom. The fourth-order valence-electron chi connectivity index (χ4n) is 3.24. The van der Waals surface area contributed by atoms with Gasteiger partial charge in [-0.1, -0.05) is 18.2 Å². The number of methoxy groups -OCH3 is 1. The van der Waals surface area contributed by atoms with Crippen molar-refractivity contribution in [2.45, 2.75) is 31.2 Å². The predicted octanol–water partition coefficient (Wildman–Crippen LogP) is 4.28. The lowest BCUT2D eigenvalue weighted by Crippen LogP contribution is -2.30. The molecule has 0 spiro atoms. The van der Waals surface area contributed by atoms with E-state index < -0.39 is 33.8 Å². The SMILES string of the molecule is COC(=O)CC(NC(=O)c1ccc(S(=O)(=O)Nc2ccc(C)c(C)c2)cc1)c1ccc(F)cc1. The molecule has 1 unspecified atom stereocenters. The summed E-state index contributed by atoms with van der Waals surface area (Å²) in [6.07, 6.45) is -0.153.